The van der Waals surface area contributed by atoms with Crippen molar-refractivity contribution in [3.05, 3.63) is 77.1 Å². The van der Waals surface area contributed by atoms with E-state index >= 15 is 0 Å². The van der Waals surface area contributed by atoms with Crippen molar-refractivity contribution in [3.8, 4) is 0 Å². The van der Waals surface area contributed by atoms with Gasteiger partial charge in [-0.1, -0.05) is 56.7 Å². The van der Waals surface area contributed by atoms with Crippen LogP contribution < -0.4 is 20.9 Å². The van der Waals surface area contributed by atoms with E-state index in [1.54, 1.807) is 29.2 Å². The monoisotopic (exact) mass is 543 g/mol. The molecular formula is C29H33N7O4. The maximum Gasteiger partial charge on any atom is 0.251 e. The Morgan fingerprint density at radius 1 is 1.10 bits per heavy atom. The van der Waals surface area contributed by atoms with Crippen molar-refractivity contribution in [3.63, 3.8) is 0 Å². The number of para-hydroxylation sites is 1. The largest absolute Gasteiger partial charge is 0.348 e. The van der Waals surface area contributed by atoms with Gasteiger partial charge in [-0.3, -0.25) is 24.1 Å². The Labute approximate surface area is 232 Å². The van der Waals surface area contributed by atoms with Gasteiger partial charge < -0.3 is 16.0 Å². The van der Waals surface area contributed by atoms with Gasteiger partial charge in [0.25, 0.3) is 5.91 Å². The average Bonchev–Trinajstić information content (AvgIpc) is 3.61. The highest BCUT2D eigenvalue weighted by Gasteiger charge is 2.44. The van der Waals surface area contributed by atoms with Crippen molar-refractivity contribution in [2.75, 3.05) is 4.90 Å². The molecule has 0 unspecified atom stereocenters. The van der Waals surface area contributed by atoms with Crippen molar-refractivity contribution in [1.82, 2.24) is 31.4 Å². The molecular weight excluding hydrogens is 510 g/mol. The van der Waals surface area contributed by atoms with Crippen LogP contribution >= 0.6 is 0 Å². The molecule has 0 bridgehead atoms. The second-order valence-corrected chi connectivity index (χ2v) is 10.3. The van der Waals surface area contributed by atoms with Crippen LogP contribution in [-0.2, 0) is 33.8 Å². The number of anilines is 1. The fraction of sp³-hybridized carbons (Fsp3) is 0.379. The van der Waals surface area contributed by atoms with Gasteiger partial charge in [0.15, 0.2) is 0 Å². The van der Waals surface area contributed by atoms with E-state index in [-0.39, 0.29) is 30.2 Å². The molecule has 0 aliphatic carbocycles. The summed E-state index contributed by atoms with van der Waals surface area (Å²) in [6.07, 6.45) is 3.50. The molecule has 5 rings (SSSR count). The number of hydrogen-bond acceptors (Lipinski definition) is 6. The number of carbonyl (C=O) groups excluding carboxylic acids is 4. The standard InChI is InChI=1S/C29H33N7O4/c1-3-17(2)24(33-26(37)19-8-5-4-6-9-19)28(39)32-22-13-12-18-10-7-11-20-14-23(36(25(18)20)29(22)40)27(38)30-15-21-16-31-35-34-21/h4-11,16-17,22-24H,3,12-15H2,1-2H3,(H,30,38)(H,32,39)(H,33,37)(H,31,34,35)/t17-,22-,23-,24-/m0/s1. The normalized spacial score (nSPS) is 19.2. The third kappa shape index (κ3) is 5.45. The van der Waals surface area contributed by atoms with Crippen molar-refractivity contribution in [2.45, 2.75) is 64.2 Å². The summed E-state index contributed by atoms with van der Waals surface area (Å²) in [5.74, 6) is -1.59. The van der Waals surface area contributed by atoms with Crippen LogP contribution in [0.3, 0.4) is 0 Å². The maximum atomic E-state index is 14.0. The molecule has 3 heterocycles. The van der Waals surface area contributed by atoms with Crippen LogP contribution in [0.5, 0.6) is 0 Å². The number of nitrogens with zero attached hydrogens (tertiary/aromatic N) is 3. The number of nitrogens with one attached hydrogen (secondary N) is 4. The Hall–Kier alpha value is -4.54. The molecule has 2 aliphatic rings. The van der Waals surface area contributed by atoms with Crippen LogP contribution in [0.25, 0.3) is 0 Å². The molecule has 0 saturated heterocycles. The molecule has 1 aromatic heterocycles. The Morgan fingerprint density at radius 2 is 1.88 bits per heavy atom. The highest BCUT2D eigenvalue weighted by molar-refractivity contribution is 6.08. The van der Waals surface area contributed by atoms with E-state index in [1.165, 1.54) is 6.20 Å². The molecule has 11 nitrogen and oxygen atoms in total. The summed E-state index contributed by atoms with van der Waals surface area (Å²) >= 11 is 0. The molecule has 0 spiro atoms. The van der Waals surface area contributed by atoms with Gasteiger partial charge in [0.05, 0.1) is 18.4 Å². The van der Waals surface area contributed by atoms with Crippen LogP contribution in [0.15, 0.2) is 54.7 Å². The number of hydrogen-bond donors (Lipinski definition) is 4. The van der Waals surface area contributed by atoms with Crippen LogP contribution in [0, 0.1) is 5.92 Å². The SMILES string of the molecule is CC[C@H](C)[C@H](NC(=O)c1ccccc1)C(=O)N[C@H]1CCc2cccc3c2N(C1=O)[C@H](C(=O)NCc1cn[nH]n1)C3. The molecule has 11 heteroatoms. The summed E-state index contributed by atoms with van der Waals surface area (Å²) in [5.41, 5.74) is 3.66. The zero-order valence-corrected chi connectivity index (χ0v) is 22.5. The van der Waals surface area contributed by atoms with E-state index in [1.807, 2.05) is 38.1 Å². The Kier molecular flexibility index (Phi) is 7.90. The van der Waals surface area contributed by atoms with Gasteiger partial charge in [0, 0.05) is 12.0 Å². The topological polar surface area (TPSA) is 149 Å². The molecule has 3 aromatic rings. The van der Waals surface area contributed by atoms with Gasteiger partial charge in [0.2, 0.25) is 17.7 Å². The Morgan fingerprint density at radius 3 is 2.60 bits per heavy atom. The quantitative estimate of drug-likeness (QED) is 0.323. The lowest BCUT2D eigenvalue weighted by atomic mass is 9.96. The lowest BCUT2D eigenvalue weighted by Crippen LogP contribution is -2.58. The summed E-state index contributed by atoms with van der Waals surface area (Å²) in [7, 11) is 0. The highest BCUT2D eigenvalue weighted by atomic mass is 16.2. The molecule has 0 fully saturated rings. The second-order valence-electron chi connectivity index (χ2n) is 10.3. The number of aromatic nitrogens is 3. The van der Waals surface area contributed by atoms with Crippen LogP contribution in [0.4, 0.5) is 5.69 Å². The molecule has 0 saturated carbocycles. The lowest BCUT2D eigenvalue weighted by Gasteiger charge is -2.30. The van der Waals surface area contributed by atoms with Crippen LogP contribution in [-0.4, -0.2) is 57.2 Å². The third-order valence-corrected chi connectivity index (χ3v) is 7.75. The molecule has 4 N–H and O–H groups in total. The zero-order valence-electron chi connectivity index (χ0n) is 22.5. The first kappa shape index (κ1) is 27.0. The van der Waals surface area contributed by atoms with Crippen molar-refractivity contribution in [2.24, 2.45) is 5.92 Å². The van der Waals surface area contributed by atoms with Crippen LogP contribution in [0.1, 0.15) is 53.9 Å². The molecule has 4 atom stereocenters. The molecule has 208 valence electrons. The molecule has 4 amide bonds. The lowest BCUT2D eigenvalue weighted by molar-refractivity contribution is -0.130. The Balaban J connectivity index is 1.35. The van der Waals surface area contributed by atoms with E-state index in [0.717, 1.165) is 16.8 Å². The van der Waals surface area contributed by atoms with E-state index in [4.69, 9.17) is 0 Å². The predicted octanol–water partition coefficient (Wildman–Crippen LogP) is 1.65. The van der Waals surface area contributed by atoms with Gasteiger partial charge in [-0.15, -0.1) is 0 Å². The summed E-state index contributed by atoms with van der Waals surface area (Å²) in [6, 6.07) is 12.1. The average molecular weight is 544 g/mol. The van der Waals surface area contributed by atoms with E-state index in [2.05, 4.69) is 31.4 Å². The fourth-order valence-electron chi connectivity index (χ4n) is 5.36. The van der Waals surface area contributed by atoms with Crippen molar-refractivity contribution in [1.29, 1.82) is 0 Å². The number of rotatable bonds is 9. The molecule has 2 aliphatic heterocycles. The van der Waals surface area contributed by atoms with Crippen molar-refractivity contribution < 1.29 is 19.2 Å². The van der Waals surface area contributed by atoms with Crippen molar-refractivity contribution >= 4 is 29.3 Å². The van der Waals surface area contributed by atoms with Gasteiger partial charge in [-0.25, -0.2) is 0 Å². The van der Waals surface area contributed by atoms with Crippen LogP contribution in [0.2, 0.25) is 0 Å². The number of aromatic amines is 1. The highest BCUT2D eigenvalue weighted by Crippen LogP contribution is 2.39. The third-order valence-electron chi connectivity index (χ3n) is 7.75. The number of amides is 4. The number of H-pyrrole nitrogens is 1. The van der Waals surface area contributed by atoms with Gasteiger partial charge in [0.1, 0.15) is 23.8 Å². The minimum Gasteiger partial charge on any atom is -0.348 e. The Bertz CT molecular complexity index is 1390. The summed E-state index contributed by atoms with van der Waals surface area (Å²) in [4.78, 5) is 55.3. The number of aryl methyl sites for hydroxylation is 1. The predicted molar refractivity (Wildman–Crippen MR) is 147 cm³/mol. The first-order valence-electron chi connectivity index (χ1n) is 13.6. The van der Waals surface area contributed by atoms with E-state index in [0.29, 0.717) is 36.9 Å². The maximum absolute atomic E-state index is 14.0. The summed E-state index contributed by atoms with van der Waals surface area (Å²) in [5, 5.41) is 18.9. The summed E-state index contributed by atoms with van der Waals surface area (Å²) in [6.45, 7) is 4.01. The van der Waals surface area contributed by atoms with Gasteiger partial charge in [-0.2, -0.15) is 15.4 Å². The first-order valence-corrected chi connectivity index (χ1v) is 13.6. The zero-order chi connectivity index (χ0) is 28.2. The number of carbonyl (C=O) groups is 4. The molecule has 2 aromatic carbocycles. The summed E-state index contributed by atoms with van der Waals surface area (Å²) < 4.78 is 0. The minimum absolute atomic E-state index is 0.167. The molecule has 40 heavy (non-hydrogen) atoms. The number of benzene rings is 2. The molecule has 0 radical (unpaired) electrons. The van der Waals surface area contributed by atoms with E-state index in [9.17, 15) is 19.2 Å². The van der Waals surface area contributed by atoms with E-state index < -0.39 is 24.0 Å². The minimum atomic E-state index is -0.850. The van der Waals surface area contributed by atoms with Gasteiger partial charge in [-0.05, 0) is 42.0 Å². The fourth-order valence-corrected chi connectivity index (χ4v) is 5.36. The second kappa shape index (κ2) is 11.7. The van der Waals surface area contributed by atoms with Gasteiger partial charge >= 0.3 is 0 Å². The first-order chi connectivity index (χ1) is 19.4. The smallest absolute Gasteiger partial charge is 0.251 e.